The van der Waals surface area contributed by atoms with Crippen molar-refractivity contribution in [3.8, 4) is 0 Å². The number of hydrogen-bond donors (Lipinski definition) is 0. The maximum absolute atomic E-state index is 6.08. The van der Waals surface area contributed by atoms with Crippen LogP contribution in [0, 0.1) is 0 Å². The number of halogens is 1. The molecule has 0 N–H and O–H groups in total. The number of aromatic nitrogens is 3. The van der Waals surface area contributed by atoms with E-state index in [4.69, 9.17) is 16.0 Å². The Labute approximate surface area is 126 Å². The van der Waals surface area contributed by atoms with Crippen molar-refractivity contribution in [3.63, 3.8) is 0 Å². The average Bonchev–Trinajstić information content (AvgIpc) is 2.79. The van der Waals surface area contributed by atoms with Gasteiger partial charge in [0.15, 0.2) is 0 Å². The van der Waals surface area contributed by atoms with E-state index in [1.807, 2.05) is 12.3 Å². The molecule has 0 aliphatic carbocycles. The summed E-state index contributed by atoms with van der Waals surface area (Å²) in [5, 5.41) is 1.63. The van der Waals surface area contributed by atoms with Gasteiger partial charge in [-0.05, 0) is 24.6 Å². The maximum Gasteiger partial charge on any atom is 0.213 e. The molecule has 0 fully saturated rings. The molecule has 0 saturated carbocycles. The van der Waals surface area contributed by atoms with Crippen LogP contribution >= 0.6 is 11.6 Å². The Morgan fingerprint density at radius 2 is 2.10 bits per heavy atom. The molecule has 0 amide bonds. The van der Waals surface area contributed by atoms with Crippen LogP contribution in [0.25, 0.3) is 11.0 Å². The SMILES string of the molecule is CC(CO[Si](C)C(C)(C)C)n1ccc2c(Cl)ncnc21. The predicted molar refractivity (Wildman–Crippen MR) is 84.5 cm³/mol. The van der Waals surface area contributed by atoms with E-state index in [0.717, 1.165) is 11.0 Å². The van der Waals surface area contributed by atoms with Gasteiger partial charge in [-0.25, -0.2) is 9.97 Å². The van der Waals surface area contributed by atoms with Crippen molar-refractivity contribution in [3.05, 3.63) is 23.7 Å². The van der Waals surface area contributed by atoms with Gasteiger partial charge in [-0.15, -0.1) is 0 Å². The number of fused-ring (bicyclic) bond motifs is 1. The van der Waals surface area contributed by atoms with Crippen LogP contribution in [0.1, 0.15) is 33.7 Å². The van der Waals surface area contributed by atoms with Crippen molar-refractivity contribution in [1.29, 1.82) is 0 Å². The molecule has 0 spiro atoms. The quantitative estimate of drug-likeness (QED) is 0.631. The summed E-state index contributed by atoms with van der Waals surface area (Å²) in [5.74, 6) is 0. The molecule has 4 nitrogen and oxygen atoms in total. The molecule has 2 aromatic rings. The minimum absolute atomic E-state index is 0.223. The lowest BCUT2D eigenvalue weighted by Crippen LogP contribution is -2.28. The molecular weight excluding hydrogens is 290 g/mol. The van der Waals surface area contributed by atoms with E-state index in [9.17, 15) is 0 Å². The minimum atomic E-state index is -0.823. The summed E-state index contributed by atoms with van der Waals surface area (Å²) in [7, 11) is -0.823. The number of hydrogen-bond acceptors (Lipinski definition) is 3. The van der Waals surface area contributed by atoms with Crippen molar-refractivity contribution >= 4 is 31.7 Å². The molecule has 1 atom stereocenters. The van der Waals surface area contributed by atoms with Gasteiger partial charge in [-0.2, -0.15) is 0 Å². The molecule has 2 heterocycles. The molecule has 1 unspecified atom stereocenters. The maximum atomic E-state index is 6.08. The zero-order valence-corrected chi connectivity index (χ0v) is 14.4. The summed E-state index contributed by atoms with van der Waals surface area (Å²) in [6, 6.07) is 2.18. The topological polar surface area (TPSA) is 39.9 Å². The Kier molecular flexibility index (Phi) is 4.51. The predicted octanol–water partition coefficient (Wildman–Crippen LogP) is 4.08. The third-order valence-corrected chi connectivity index (χ3v) is 6.55. The molecule has 109 valence electrons. The zero-order chi connectivity index (χ0) is 14.9. The highest BCUT2D eigenvalue weighted by atomic mass is 35.5. The van der Waals surface area contributed by atoms with Gasteiger partial charge >= 0.3 is 0 Å². The van der Waals surface area contributed by atoms with Gasteiger partial charge in [0.25, 0.3) is 0 Å². The minimum Gasteiger partial charge on any atom is -0.414 e. The molecular formula is C14H21ClN3OSi. The summed E-state index contributed by atoms with van der Waals surface area (Å²) in [5.41, 5.74) is 0.863. The molecule has 6 heteroatoms. The lowest BCUT2D eigenvalue weighted by atomic mass is 10.3. The second-order valence-electron chi connectivity index (χ2n) is 6.09. The molecule has 2 aromatic heterocycles. The van der Waals surface area contributed by atoms with Crippen LogP contribution in [0.15, 0.2) is 18.6 Å². The Hall–Kier alpha value is -0.913. The van der Waals surface area contributed by atoms with Gasteiger partial charge in [-0.3, -0.25) is 0 Å². The number of nitrogens with zero attached hydrogens (tertiary/aromatic N) is 3. The standard InChI is InChI=1S/C14H21ClN3OSi/c1-10(8-19-20(5)14(2,3)4)18-7-6-11-12(15)16-9-17-13(11)18/h6-7,9-10H,8H2,1-5H3. The molecule has 1 radical (unpaired) electrons. The smallest absolute Gasteiger partial charge is 0.213 e. The summed E-state index contributed by atoms with van der Waals surface area (Å²) < 4.78 is 8.17. The van der Waals surface area contributed by atoms with Gasteiger partial charge in [0.05, 0.1) is 18.0 Å². The van der Waals surface area contributed by atoms with E-state index in [1.54, 1.807) is 0 Å². The third kappa shape index (κ3) is 3.21. The van der Waals surface area contributed by atoms with Crippen LogP contribution in [0.2, 0.25) is 16.7 Å². The second-order valence-corrected chi connectivity index (χ2v) is 9.35. The van der Waals surface area contributed by atoms with Crippen LogP contribution in [-0.2, 0) is 4.43 Å². The van der Waals surface area contributed by atoms with E-state index >= 15 is 0 Å². The first-order valence-corrected chi connectivity index (χ1v) is 9.03. The molecule has 2 rings (SSSR count). The monoisotopic (exact) mass is 310 g/mol. The van der Waals surface area contributed by atoms with E-state index in [0.29, 0.717) is 11.8 Å². The van der Waals surface area contributed by atoms with Crippen LogP contribution in [0.4, 0.5) is 0 Å². The van der Waals surface area contributed by atoms with E-state index in [-0.39, 0.29) is 11.1 Å². The van der Waals surface area contributed by atoms with E-state index < -0.39 is 9.04 Å². The van der Waals surface area contributed by atoms with Crippen molar-refractivity contribution in [2.75, 3.05) is 6.61 Å². The second kappa shape index (κ2) is 5.83. The molecule has 0 bridgehead atoms. The van der Waals surface area contributed by atoms with Crippen molar-refractivity contribution < 1.29 is 4.43 Å². The highest BCUT2D eigenvalue weighted by Gasteiger charge is 2.25. The first-order valence-electron chi connectivity index (χ1n) is 6.74. The van der Waals surface area contributed by atoms with Crippen LogP contribution in [0.3, 0.4) is 0 Å². The fourth-order valence-corrected chi connectivity index (χ4v) is 2.95. The Morgan fingerprint density at radius 3 is 2.75 bits per heavy atom. The first-order chi connectivity index (χ1) is 9.30. The Morgan fingerprint density at radius 1 is 1.40 bits per heavy atom. The molecule has 0 aromatic carbocycles. The average molecular weight is 311 g/mol. The first kappa shape index (κ1) is 15.5. The van der Waals surface area contributed by atoms with Gasteiger partial charge in [0.2, 0.25) is 9.04 Å². The van der Waals surface area contributed by atoms with Crippen molar-refractivity contribution in [2.24, 2.45) is 0 Å². The summed E-state index contributed by atoms with van der Waals surface area (Å²) in [6.07, 6.45) is 3.50. The van der Waals surface area contributed by atoms with Crippen molar-refractivity contribution in [2.45, 2.75) is 45.3 Å². The van der Waals surface area contributed by atoms with Gasteiger partial charge in [0.1, 0.15) is 17.1 Å². The number of rotatable bonds is 4. The fourth-order valence-electron chi connectivity index (χ4n) is 1.84. The summed E-state index contributed by atoms with van der Waals surface area (Å²) in [6.45, 7) is 11.7. The molecule has 0 aliphatic heterocycles. The normalized spacial score (nSPS) is 14.2. The lowest BCUT2D eigenvalue weighted by molar-refractivity contribution is 0.254. The van der Waals surface area contributed by atoms with Crippen LogP contribution in [-0.4, -0.2) is 30.2 Å². The zero-order valence-electron chi connectivity index (χ0n) is 12.6. The lowest BCUT2D eigenvalue weighted by Gasteiger charge is -2.26. The third-order valence-electron chi connectivity index (χ3n) is 3.53. The van der Waals surface area contributed by atoms with Crippen molar-refractivity contribution in [1.82, 2.24) is 14.5 Å². The highest BCUT2D eigenvalue weighted by molar-refractivity contribution is 6.53. The highest BCUT2D eigenvalue weighted by Crippen LogP contribution is 2.28. The Bertz CT molecular complexity index is 594. The van der Waals surface area contributed by atoms with Gasteiger partial charge in [0, 0.05) is 6.20 Å². The molecule has 0 aliphatic rings. The largest absolute Gasteiger partial charge is 0.414 e. The summed E-state index contributed by atoms with van der Waals surface area (Å²) in [4.78, 5) is 8.32. The van der Waals surface area contributed by atoms with Gasteiger partial charge < -0.3 is 8.99 Å². The van der Waals surface area contributed by atoms with E-state index in [2.05, 4.69) is 48.8 Å². The fraction of sp³-hybridized carbons (Fsp3) is 0.571. The molecule has 20 heavy (non-hydrogen) atoms. The van der Waals surface area contributed by atoms with Gasteiger partial charge in [-0.1, -0.05) is 32.4 Å². The summed E-state index contributed by atoms with van der Waals surface area (Å²) >= 11 is 6.07. The van der Waals surface area contributed by atoms with E-state index in [1.165, 1.54) is 6.33 Å². The molecule has 0 saturated heterocycles. The van der Waals surface area contributed by atoms with Crippen LogP contribution in [0.5, 0.6) is 0 Å². The Balaban J connectivity index is 2.12. The van der Waals surface area contributed by atoms with Crippen LogP contribution < -0.4 is 0 Å².